The summed E-state index contributed by atoms with van der Waals surface area (Å²) in [5.41, 5.74) is 1.64. The summed E-state index contributed by atoms with van der Waals surface area (Å²) >= 11 is 0. The number of benzene rings is 1. The summed E-state index contributed by atoms with van der Waals surface area (Å²) in [5, 5.41) is 0. The molecule has 6 heteroatoms. The van der Waals surface area contributed by atoms with Gasteiger partial charge in [0.15, 0.2) is 0 Å². The van der Waals surface area contributed by atoms with E-state index in [2.05, 4.69) is 9.88 Å². The van der Waals surface area contributed by atoms with Gasteiger partial charge in [-0.25, -0.2) is 8.42 Å². The highest BCUT2D eigenvalue weighted by Crippen LogP contribution is 2.35. The van der Waals surface area contributed by atoms with Crippen LogP contribution in [0.1, 0.15) is 0 Å². The fraction of sp³-hybridized carbons (Fsp3) is 0.214. The first-order valence-electron chi connectivity index (χ1n) is 6.33. The van der Waals surface area contributed by atoms with Crippen LogP contribution in [0.25, 0.3) is 0 Å². The smallest absolute Gasteiger partial charge is 0.265 e. The number of likely N-dealkylation sites (N-methyl/N-ethyl adjacent to an activating group) is 1. The van der Waals surface area contributed by atoms with Gasteiger partial charge in [0.05, 0.1) is 17.9 Å². The highest BCUT2D eigenvalue weighted by molar-refractivity contribution is 7.92. The number of hydrogen-bond donors (Lipinski definition) is 0. The zero-order valence-corrected chi connectivity index (χ0v) is 11.9. The van der Waals surface area contributed by atoms with Gasteiger partial charge in [-0.1, -0.05) is 12.1 Å². The molecule has 20 heavy (non-hydrogen) atoms. The highest BCUT2D eigenvalue weighted by atomic mass is 32.2. The maximum Gasteiger partial charge on any atom is 0.265 e. The van der Waals surface area contributed by atoms with Crippen molar-refractivity contribution < 1.29 is 8.42 Å². The van der Waals surface area contributed by atoms with Crippen LogP contribution in [0.4, 0.5) is 11.4 Å². The molecule has 0 bridgehead atoms. The third kappa shape index (κ3) is 2.02. The van der Waals surface area contributed by atoms with Gasteiger partial charge < -0.3 is 4.90 Å². The van der Waals surface area contributed by atoms with Crippen molar-refractivity contribution in [2.75, 3.05) is 29.3 Å². The van der Waals surface area contributed by atoms with E-state index in [9.17, 15) is 8.42 Å². The van der Waals surface area contributed by atoms with Crippen LogP contribution in [0.5, 0.6) is 0 Å². The molecule has 0 amide bonds. The number of para-hydroxylation sites is 2. The summed E-state index contributed by atoms with van der Waals surface area (Å²) in [6.07, 6.45) is 2.95. The summed E-state index contributed by atoms with van der Waals surface area (Å²) in [5.74, 6) is 0. The summed E-state index contributed by atoms with van der Waals surface area (Å²) < 4.78 is 26.9. The molecular formula is C14H15N3O2S. The van der Waals surface area contributed by atoms with Crippen molar-refractivity contribution >= 4 is 21.4 Å². The molecule has 0 saturated carbocycles. The van der Waals surface area contributed by atoms with Crippen LogP contribution < -0.4 is 9.21 Å². The highest BCUT2D eigenvalue weighted by Gasteiger charge is 2.30. The van der Waals surface area contributed by atoms with Crippen molar-refractivity contribution in [1.29, 1.82) is 0 Å². The number of aromatic nitrogens is 1. The molecule has 0 radical (unpaired) electrons. The second-order valence-electron chi connectivity index (χ2n) is 4.68. The first-order chi connectivity index (χ1) is 9.60. The lowest BCUT2D eigenvalue weighted by atomic mass is 10.2. The number of anilines is 2. The van der Waals surface area contributed by atoms with Crippen LogP contribution in [-0.4, -0.2) is 33.5 Å². The van der Waals surface area contributed by atoms with Gasteiger partial charge in [0.25, 0.3) is 10.0 Å². The zero-order valence-electron chi connectivity index (χ0n) is 11.1. The number of nitrogens with zero attached hydrogens (tertiary/aromatic N) is 3. The number of sulfonamides is 1. The minimum Gasteiger partial charge on any atom is -0.371 e. The molecule has 104 valence electrons. The van der Waals surface area contributed by atoms with Gasteiger partial charge in [-0.2, -0.15) is 0 Å². The number of fused-ring (bicyclic) bond motifs is 1. The lowest BCUT2D eigenvalue weighted by molar-refractivity contribution is 0.589. The maximum atomic E-state index is 12.7. The second-order valence-corrected chi connectivity index (χ2v) is 6.54. The van der Waals surface area contributed by atoms with Crippen LogP contribution >= 0.6 is 0 Å². The van der Waals surface area contributed by atoms with Crippen LogP contribution in [0.3, 0.4) is 0 Å². The normalized spacial score (nSPS) is 15.1. The van der Waals surface area contributed by atoms with Crippen molar-refractivity contribution in [3.05, 3.63) is 48.8 Å². The predicted octanol–water partition coefficient (Wildman–Crippen LogP) is 1.73. The largest absolute Gasteiger partial charge is 0.371 e. The molecular weight excluding hydrogens is 274 g/mol. The van der Waals surface area contributed by atoms with E-state index in [1.54, 1.807) is 18.3 Å². The van der Waals surface area contributed by atoms with Gasteiger partial charge in [0.1, 0.15) is 4.90 Å². The summed E-state index contributed by atoms with van der Waals surface area (Å²) in [6.45, 7) is 1.10. The van der Waals surface area contributed by atoms with Crippen LogP contribution in [0.15, 0.2) is 53.7 Å². The Balaban J connectivity index is 2.10. The van der Waals surface area contributed by atoms with Gasteiger partial charge in [-0.3, -0.25) is 9.29 Å². The topological polar surface area (TPSA) is 53.5 Å². The molecule has 2 aromatic rings. The lowest BCUT2D eigenvalue weighted by Crippen LogP contribution is -2.42. The fourth-order valence-corrected chi connectivity index (χ4v) is 3.79. The Morgan fingerprint density at radius 3 is 2.50 bits per heavy atom. The Morgan fingerprint density at radius 2 is 1.80 bits per heavy atom. The molecule has 0 saturated heterocycles. The van der Waals surface area contributed by atoms with Crippen LogP contribution in [0, 0.1) is 0 Å². The fourth-order valence-electron chi connectivity index (χ4n) is 2.36. The van der Waals surface area contributed by atoms with Crippen molar-refractivity contribution in [2.24, 2.45) is 0 Å². The predicted molar refractivity (Wildman–Crippen MR) is 78.5 cm³/mol. The molecule has 0 fully saturated rings. The summed E-state index contributed by atoms with van der Waals surface area (Å²) in [6, 6.07) is 10.7. The van der Waals surface area contributed by atoms with Gasteiger partial charge in [-0.15, -0.1) is 0 Å². The number of pyridine rings is 1. The Hall–Kier alpha value is -2.08. The van der Waals surface area contributed by atoms with Crippen molar-refractivity contribution in [3.63, 3.8) is 0 Å². The van der Waals surface area contributed by atoms with Gasteiger partial charge in [-0.05, 0) is 24.3 Å². The monoisotopic (exact) mass is 289 g/mol. The Bertz CT molecular complexity index is 716. The van der Waals surface area contributed by atoms with Gasteiger partial charge >= 0.3 is 0 Å². The molecule has 0 aliphatic carbocycles. The number of rotatable bonds is 2. The van der Waals surface area contributed by atoms with E-state index in [1.165, 1.54) is 10.5 Å². The average molecular weight is 289 g/mol. The van der Waals surface area contributed by atoms with E-state index in [0.717, 1.165) is 5.69 Å². The molecule has 1 aliphatic rings. The van der Waals surface area contributed by atoms with E-state index in [4.69, 9.17) is 0 Å². The third-order valence-electron chi connectivity index (χ3n) is 3.42. The Kier molecular flexibility index (Phi) is 3.10. The molecule has 5 nitrogen and oxygen atoms in total. The lowest BCUT2D eigenvalue weighted by Gasteiger charge is -2.36. The molecule has 3 rings (SSSR count). The van der Waals surface area contributed by atoms with E-state index in [0.29, 0.717) is 18.8 Å². The first kappa shape index (κ1) is 12.9. The summed E-state index contributed by atoms with van der Waals surface area (Å²) in [4.78, 5) is 6.18. The minimum absolute atomic E-state index is 0.222. The quantitative estimate of drug-likeness (QED) is 0.845. The second kappa shape index (κ2) is 4.79. The average Bonchev–Trinajstić information content (AvgIpc) is 2.48. The molecule has 0 unspecified atom stereocenters. The molecule has 1 aromatic heterocycles. The first-order valence-corrected chi connectivity index (χ1v) is 7.77. The van der Waals surface area contributed by atoms with Gasteiger partial charge in [0, 0.05) is 26.0 Å². The minimum atomic E-state index is -3.55. The molecule has 0 atom stereocenters. The van der Waals surface area contributed by atoms with Crippen LogP contribution in [0.2, 0.25) is 0 Å². The van der Waals surface area contributed by atoms with Crippen molar-refractivity contribution in [1.82, 2.24) is 4.98 Å². The van der Waals surface area contributed by atoms with E-state index < -0.39 is 10.0 Å². The number of hydrogen-bond acceptors (Lipinski definition) is 4. The van der Waals surface area contributed by atoms with E-state index in [1.807, 2.05) is 31.3 Å². The van der Waals surface area contributed by atoms with Crippen LogP contribution in [-0.2, 0) is 10.0 Å². The Labute approximate surface area is 118 Å². The maximum absolute atomic E-state index is 12.7. The molecule has 2 heterocycles. The van der Waals surface area contributed by atoms with Gasteiger partial charge in [0.2, 0.25) is 0 Å². The Morgan fingerprint density at radius 1 is 1.05 bits per heavy atom. The van der Waals surface area contributed by atoms with Crippen molar-refractivity contribution in [3.8, 4) is 0 Å². The summed E-state index contributed by atoms with van der Waals surface area (Å²) in [7, 11) is -1.59. The van der Waals surface area contributed by atoms with E-state index >= 15 is 0 Å². The van der Waals surface area contributed by atoms with Crippen molar-refractivity contribution in [2.45, 2.75) is 4.90 Å². The van der Waals surface area contributed by atoms with E-state index in [-0.39, 0.29) is 4.90 Å². The molecule has 1 aliphatic heterocycles. The molecule has 1 aromatic carbocycles. The standard InChI is InChI=1S/C14H15N3O2S/c1-16-9-10-17(14-7-3-2-6-13(14)16)20(18,19)12-5-4-8-15-11-12/h2-8,11H,9-10H2,1H3. The SMILES string of the molecule is CN1CCN(S(=O)(=O)c2cccnc2)c2ccccc21. The molecule has 0 N–H and O–H groups in total. The zero-order chi connectivity index (χ0) is 14.2. The molecule has 0 spiro atoms. The third-order valence-corrected chi connectivity index (χ3v) is 5.22.